The molecule has 2 heterocycles. The summed E-state index contributed by atoms with van der Waals surface area (Å²) >= 11 is 9.08. The van der Waals surface area contributed by atoms with Crippen LogP contribution in [0.3, 0.4) is 0 Å². The Morgan fingerprint density at radius 1 is 0.757 bits per heavy atom. The Morgan fingerprint density at radius 2 is 1.43 bits per heavy atom. The van der Waals surface area contributed by atoms with Crippen LogP contribution in [-0.2, 0) is 0 Å². The Balaban J connectivity index is 1.34. The molecule has 6 aromatic rings. The van der Waals surface area contributed by atoms with Crippen LogP contribution in [0.5, 0.6) is 0 Å². The minimum absolute atomic E-state index is 0.540. The number of aromatic amines is 2. The van der Waals surface area contributed by atoms with Crippen LogP contribution in [0.1, 0.15) is 0 Å². The number of benzene rings is 4. The first-order chi connectivity index (χ1) is 18.1. The van der Waals surface area contributed by atoms with Crippen LogP contribution in [-0.4, -0.2) is 20.1 Å². The van der Waals surface area contributed by atoms with Crippen molar-refractivity contribution in [1.82, 2.24) is 15.0 Å². The van der Waals surface area contributed by atoms with E-state index in [9.17, 15) is 0 Å². The van der Waals surface area contributed by atoms with Crippen LogP contribution in [0, 0.1) is 0 Å². The standard InChI is InChI=1S/C30H22BrN5S/c31-21-13-16-26-24(17-21)25(18-32-26)29-35-27(19-7-3-1-4-8-19)28(36-29)20-11-14-23(15-12-20)34-30(37)33-22-9-5-2-6-10-22/h1-18,32H,(H,35,36)(H2,33,34,37). The van der Waals surface area contributed by atoms with Gasteiger partial charge in [-0.25, -0.2) is 4.98 Å². The van der Waals surface area contributed by atoms with Crippen LogP contribution >= 0.6 is 28.1 Å². The highest BCUT2D eigenvalue weighted by Gasteiger charge is 2.17. The quantitative estimate of drug-likeness (QED) is 0.159. The maximum atomic E-state index is 5.48. The van der Waals surface area contributed by atoms with Gasteiger partial charge in [0, 0.05) is 49.6 Å². The number of halogens is 1. The SMILES string of the molecule is S=C(Nc1ccccc1)Nc1ccc(-c2[nH]c(-c3c[nH]c4ccc(Br)cc34)nc2-c2ccccc2)cc1. The van der Waals surface area contributed by atoms with E-state index < -0.39 is 0 Å². The first-order valence-electron chi connectivity index (χ1n) is 11.8. The zero-order valence-corrected chi connectivity index (χ0v) is 22.0. The predicted molar refractivity (Wildman–Crippen MR) is 161 cm³/mol. The molecular formula is C30H22BrN5S. The Morgan fingerprint density at radius 3 is 2.16 bits per heavy atom. The molecule has 4 N–H and O–H groups in total. The van der Waals surface area contributed by atoms with Gasteiger partial charge in [-0.05, 0) is 54.7 Å². The summed E-state index contributed by atoms with van der Waals surface area (Å²) in [6.07, 6.45) is 2.00. The smallest absolute Gasteiger partial charge is 0.175 e. The Kier molecular flexibility index (Phi) is 6.30. The maximum Gasteiger partial charge on any atom is 0.175 e. The molecule has 4 aromatic carbocycles. The van der Waals surface area contributed by atoms with Crippen molar-refractivity contribution in [2.45, 2.75) is 0 Å². The molecule has 0 bridgehead atoms. The summed E-state index contributed by atoms with van der Waals surface area (Å²) in [6.45, 7) is 0. The molecule has 0 fully saturated rings. The summed E-state index contributed by atoms with van der Waals surface area (Å²) in [6, 6.07) is 34.5. The van der Waals surface area contributed by atoms with Crippen LogP contribution < -0.4 is 10.6 Å². The number of hydrogen-bond acceptors (Lipinski definition) is 2. The molecule has 0 amide bonds. The van der Waals surface area contributed by atoms with E-state index in [1.165, 1.54) is 0 Å². The van der Waals surface area contributed by atoms with Crippen LogP contribution in [0.15, 0.2) is 114 Å². The number of aromatic nitrogens is 3. The molecule has 0 saturated carbocycles. The molecule has 0 atom stereocenters. The molecule has 0 aliphatic carbocycles. The molecule has 0 saturated heterocycles. The van der Waals surface area contributed by atoms with Crippen molar-refractivity contribution in [1.29, 1.82) is 0 Å². The lowest BCUT2D eigenvalue weighted by Crippen LogP contribution is -2.18. The first kappa shape index (κ1) is 23.2. The van der Waals surface area contributed by atoms with E-state index in [1.54, 1.807) is 0 Å². The van der Waals surface area contributed by atoms with E-state index in [0.29, 0.717) is 5.11 Å². The second kappa shape index (κ2) is 10.0. The molecule has 0 unspecified atom stereocenters. The van der Waals surface area contributed by atoms with Crippen LogP contribution in [0.2, 0.25) is 0 Å². The van der Waals surface area contributed by atoms with Gasteiger partial charge in [-0.3, -0.25) is 0 Å². The molecule has 0 aliphatic heterocycles. The molecule has 37 heavy (non-hydrogen) atoms. The van der Waals surface area contributed by atoms with E-state index in [1.807, 2.05) is 72.9 Å². The molecule has 0 spiro atoms. The monoisotopic (exact) mass is 563 g/mol. The fourth-order valence-electron chi connectivity index (χ4n) is 4.34. The van der Waals surface area contributed by atoms with Crippen molar-refractivity contribution in [2.75, 3.05) is 10.6 Å². The van der Waals surface area contributed by atoms with E-state index in [2.05, 4.69) is 72.9 Å². The molecule has 2 aromatic heterocycles. The summed E-state index contributed by atoms with van der Waals surface area (Å²) < 4.78 is 1.03. The largest absolute Gasteiger partial charge is 0.360 e. The topological polar surface area (TPSA) is 68.5 Å². The lowest BCUT2D eigenvalue weighted by molar-refractivity contribution is 1.31. The summed E-state index contributed by atoms with van der Waals surface area (Å²) in [5, 5.41) is 8.10. The minimum Gasteiger partial charge on any atom is -0.360 e. The van der Waals surface area contributed by atoms with Gasteiger partial charge in [0.25, 0.3) is 0 Å². The van der Waals surface area contributed by atoms with Crippen molar-refractivity contribution in [2.24, 2.45) is 0 Å². The molecule has 180 valence electrons. The van der Waals surface area contributed by atoms with Crippen molar-refractivity contribution >= 4 is 55.5 Å². The highest BCUT2D eigenvalue weighted by atomic mass is 79.9. The van der Waals surface area contributed by atoms with E-state index in [4.69, 9.17) is 17.2 Å². The van der Waals surface area contributed by atoms with Gasteiger partial charge in [-0.15, -0.1) is 0 Å². The lowest BCUT2D eigenvalue weighted by atomic mass is 10.0. The fourth-order valence-corrected chi connectivity index (χ4v) is 4.94. The van der Waals surface area contributed by atoms with Gasteiger partial charge in [-0.1, -0.05) is 76.6 Å². The summed E-state index contributed by atoms with van der Waals surface area (Å²) in [7, 11) is 0. The number of para-hydroxylation sites is 1. The zero-order valence-electron chi connectivity index (χ0n) is 19.6. The average Bonchev–Trinajstić information content (AvgIpc) is 3.54. The molecule has 7 heteroatoms. The highest BCUT2D eigenvalue weighted by Crippen LogP contribution is 2.36. The van der Waals surface area contributed by atoms with Gasteiger partial charge >= 0.3 is 0 Å². The lowest BCUT2D eigenvalue weighted by Gasteiger charge is -2.11. The summed E-state index contributed by atoms with van der Waals surface area (Å²) in [5.74, 6) is 0.814. The number of imidazole rings is 1. The van der Waals surface area contributed by atoms with E-state index >= 15 is 0 Å². The zero-order chi connectivity index (χ0) is 25.2. The average molecular weight is 565 g/mol. The molecule has 6 rings (SSSR count). The summed E-state index contributed by atoms with van der Waals surface area (Å²) in [4.78, 5) is 12.0. The maximum absolute atomic E-state index is 5.48. The van der Waals surface area contributed by atoms with Crippen molar-refractivity contribution in [3.8, 4) is 33.9 Å². The predicted octanol–water partition coefficient (Wildman–Crippen LogP) is 8.46. The number of H-pyrrole nitrogens is 2. The minimum atomic E-state index is 0.540. The number of nitrogens with zero attached hydrogens (tertiary/aromatic N) is 1. The fraction of sp³-hybridized carbons (Fsp3) is 0. The van der Waals surface area contributed by atoms with Crippen molar-refractivity contribution in [3.05, 3.63) is 114 Å². The van der Waals surface area contributed by atoms with Crippen molar-refractivity contribution < 1.29 is 0 Å². The first-order valence-corrected chi connectivity index (χ1v) is 13.0. The molecular weight excluding hydrogens is 542 g/mol. The van der Waals surface area contributed by atoms with E-state index in [0.717, 1.165) is 60.7 Å². The Labute approximate surface area is 228 Å². The normalized spacial score (nSPS) is 10.9. The second-order valence-electron chi connectivity index (χ2n) is 8.59. The number of nitrogens with one attached hydrogen (secondary N) is 4. The molecule has 5 nitrogen and oxygen atoms in total. The van der Waals surface area contributed by atoms with Crippen molar-refractivity contribution in [3.63, 3.8) is 0 Å². The second-order valence-corrected chi connectivity index (χ2v) is 9.91. The van der Waals surface area contributed by atoms with Gasteiger partial charge in [0.15, 0.2) is 5.11 Å². The number of anilines is 2. The molecule has 0 radical (unpaired) electrons. The van der Waals surface area contributed by atoms with Gasteiger partial charge in [0.1, 0.15) is 5.82 Å². The Bertz CT molecular complexity index is 1690. The van der Waals surface area contributed by atoms with E-state index in [-0.39, 0.29) is 0 Å². The third-order valence-corrected chi connectivity index (χ3v) is 6.81. The van der Waals surface area contributed by atoms with Gasteiger partial charge in [0.2, 0.25) is 0 Å². The van der Waals surface area contributed by atoms with Gasteiger partial charge < -0.3 is 20.6 Å². The number of fused-ring (bicyclic) bond motifs is 1. The third kappa shape index (κ3) is 4.91. The van der Waals surface area contributed by atoms with Gasteiger partial charge in [-0.2, -0.15) is 0 Å². The summed E-state index contributed by atoms with van der Waals surface area (Å²) in [5.41, 5.74) is 7.88. The number of hydrogen-bond donors (Lipinski definition) is 4. The van der Waals surface area contributed by atoms with Crippen LogP contribution in [0.4, 0.5) is 11.4 Å². The molecule has 0 aliphatic rings. The number of thiocarbonyl (C=S) groups is 1. The highest BCUT2D eigenvalue weighted by molar-refractivity contribution is 9.10. The Hall–Kier alpha value is -4.20. The third-order valence-electron chi connectivity index (χ3n) is 6.11. The van der Waals surface area contributed by atoms with Crippen LogP contribution in [0.25, 0.3) is 44.8 Å². The van der Waals surface area contributed by atoms with Gasteiger partial charge in [0.05, 0.1) is 11.4 Å². The number of rotatable bonds is 5.